The highest BCUT2D eigenvalue weighted by molar-refractivity contribution is 14.0. The molecular formula is C18H40IN5. The number of hydrogen-bond acceptors (Lipinski definition) is 3. The van der Waals surface area contributed by atoms with Gasteiger partial charge in [0.05, 0.1) is 0 Å². The van der Waals surface area contributed by atoms with Crippen molar-refractivity contribution in [3.8, 4) is 0 Å². The van der Waals surface area contributed by atoms with E-state index < -0.39 is 0 Å². The van der Waals surface area contributed by atoms with E-state index in [0.717, 1.165) is 25.0 Å². The van der Waals surface area contributed by atoms with E-state index >= 15 is 0 Å². The summed E-state index contributed by atoms with van der Waals surface area (Å²) in [7, 11) is 1.85. The molecule has 0 aromatic heterocycles. The maximum absolute atomic E-state index is 4.29. The van der Waals surface area contributed by atoms with Gasteiger partial charge < -0.3 is 20.4 Å². The highest BCUT2D eigenvalue weighted by atomic mass is 127. The summed E-state index contributed by atoms with van der Waals surface area (Å²) in [5.41, 5.74) is 0. The van der Waals surface area contributed by atoms with Crippen LogP contribution in [0, 0.1) is 5.92 Å². The molecule has 144 valence electrons. The Balaban J connectivity index is 0.00000529. The van der Waals surface area contributed by atoms with Crippen molar-refractivity contribution in [2.24, 2.45) is 10.9 Å². The number of hydrogen-bond donors (Lipinski definition) is 2. The van der Waals surface area contributed by atoms with Crippen molar-refractivity contribution in [3.63, 3.8) is 0 Å². The van der Waals surface area contributed by atoms with Crippen LogP contribution in [-0.2, 0) is 0 Å². The van der Waals surface area contributed by atoms with Crippen molar-refractivity contribution in [2.45, 2.75) is 46.5 Å². The predicted molar refractivity (Wildman–Crippen MR) is 117 cm³/mol. The predicted octanol–water partition coefficient (Wildman–Crippen LogP) is 2.62. The number of nitrogens with zero attached hydrogens (tertiary/aromatic N) is 3. The molecule has 24 heavy (non-hydrogen) atoms. The molecule has 1 aliphatic rings. The quantitative estimate of drug-likeness (QED) is 0.231. The molecule has 1 fully saturated rings. The maximum atomic E-state index is 4.29. The van der Waals surface area contributed by atoms with Crippen LogP contribution in [0.4, 0.5) is 0 Å². The van der Waals surface area contributed by atoms with Gasteiger partial charge in [-0.05, 0) is 44.7 Å². The monoisotopic (exact) mass is 453 g/mol. The third kappa shape index (κ3) is 11.5. The first-order valence-electron chi connectivity index (χ1n) is 9.55. The van der Waals surface area contributed by atoms with Crippen molar-refractivity contribution in [2.75, 3.05) is 59.4 Å². The fraction of sp³-hybridized carbons (Fsp3) is 0.944. The van der Waals surface area contributed by atoms with Gasteiger partial charge in [0.1, 0.15) is 0 Å². The largest absolute Gasteiger partial charge is 0.356 e. The van der Waals surface area contributed by atoms with Gasteiger partial charge in [-0.3, -0.25) is 4.99 Å². The molecule has 0 bridgehead atoms. The van der Waals surface area contributed by atoms with Crippen LogP contribution in [0.25, 0.3) is 0 Å². The number of unbranched alkanes of at least 4 members (excludes halogenated alkanes) is 1. The Hall–Kier alpha value is -0.0800. The molecule has 0 aromatic rings. The zero-order valence-electron chi connectivity index (χ0n) is 16.3. The molecule has 0 amide bonds. The van der Waals surface area contributed by atoms with E-state index in [0.29, 0.717) is 0 Å². The van der Waals surface area contributed by atoms with Crippen molar-refractivity contribution < 1.29 is 0 Å². The van der Waals surface area contributed by atoms with E-state index in [4.69, 9.17) is 0 Å². The minimum Gasteiger partial charge on any atom is -0.356 e. The molecule has 1 rings (SSSR count). The van der Waals surface area contributed by atoms with Crippen LogP contribution < -0.4 is 10.6 Å². The van der Waals surface area contributed by atoms with E-state index in [1.807, 2.05) is 7.05 Å². The molecule has 0 spiro atoms. The third-order valence-corrected chi connectivity index (χ3v) is 4.58. The summed E-state index contributed by atoms with van der Waals surface area (Å²) in [6, 6.07) is 0. The van der Waals surface area contributed by atoms with Gasteiger partial charge in [-0.25, -0.2) is 0 Å². The number of halogens is 1. The maximum Gasteiger partial charge on any atom is 0.190 e. The van der Waals surface area contributed by atoms with Crippen LogP contribution in [0.1, 0.15) is 46.5 Å². The standard InChI is InChI=1S/C18H39N5.HI/c1-5-22-13-15-23(16-14-22)12-7-6-10-20-18(19-4)21-11-8-9-17(2)3;/h17H,5-16H2,1-4H3,(H2,19,20,21);1H. The normalized spacial score (nSPS) is 17.0. The summed E-state index contributed by atoms with van der Waals surface area (Å²) >= 11 is 0. The molecule has 0 aromatic carbocycles. The summed E-state index contributed by atoms with van der Waals surface area (Å²) < 4.78 is 0. The minimum atomic E-state index is 0. The lowest BCUT2D eigenvalue weighted by atomic mass is 10.1. The Morgan fingerprint density at radius 2 is 1.54 bits per heavy atom. The minimum absolute atomic E-state index is 0. The third-order valence-electron chi connectivity index (χ3n) is 4.58. The van der Waals surface area contributed by atoms with Crippen molar-refractivity contribution in [3.05, 3.63) is 0 Å². The van der Waals surface area contributed by atoms with Gasteiger partial charge in [0.2, 0.25) is 0 Å². The molecule has 6 heteroatoms. The molecule has 5 nitrogen and oxygen atoms in total. The lowest BCUT2D eigenvalue weighted by Gasteiger charge is -2.34. The fourth-order valence-corrected chi connectivity index (χ4v) is 2.93. The van der Waals surface area contributed by atoms with E-state index in [1.165, 1.54) is 65.0 Å². The molecule has 0 radical (unpaired) electrons. The van der Waals surface area contributed by atoms with Gasteiger partial charge in [0.25, 0.3) is 0 Å². The topological polar surface area (TPSA) is 42.9 Å². The van der Waals surface area contributed by atoms with Gasteiger partial charge in [-0.15, -0.1) is 24.0 Å². The summed E-state index contributed by atoms with van der Waals surface area (Å²) in [6.45, 7) is 16.2. The van der Waals surface area contributed by atoms with Gasteiger partial charge >= 0.3 is 0 Å². The molecule has 2 N–H and O–H groups in total. The second-order valence-electron chi connectivity index (χ2n) is 6.94. The smallest absolute Gasteiger partial charge is 0.190 e. The highest BCUT2D eigenvalue weighted by Gasteiger charge is 2.14. The van der Waals surface area contributed by atoms with Crippen LogP contribution in [0.2, 0.25) is 0 Å². The van der Waals surface area contributed by atoms with Crippen LogP contribution in [-0.4, -0.2) is 75.2 Å². The van der Waals surface area contributed by atoms with Gasteiger partial charge in [-0.2, -0.15) is 0 Å². The van der Waals surface area contributed by atoms with Gasteiger partial charge in [0.15, 0.2) is 5.96 Å². The number of rotatable bonds is 10. The summed E-state index contributed by atoms with van der Waals surface area (Å²) in [6.07, 6.45) is 4.96. The fourth-order valence-electron chi connectivity index (χ4n) is 2.93. The van der Waals surface area contributed by atoms with E-state index in [1.54, 1.807) is 0 Å². The van der Waals surface area contributed by atoms with Crippen molar-refractivity contribution in [1.82, 2.24) is 20.4 Å². The Morgan fingerprint density at radius 1 is 0.958 bits per heavy atom. The van der Waals surface area contributed by atoms with E-state index in [-0.39, 0.29) is 24.0 Å². The van der Waals surface area contributed by atoms with E-state index in [2.05, 4.69) is 46.2 Å². The van der Waals surface area contributed by atoms with Gasteiger partial charge in [-0.1, -0.05) is 20.8 Å². The average Bonchev–Trinajstić information content (AvgIpc) is 2.56. The summed E-state index contributed by atoms with van der Waals surface area (Å²) in [5.74, 6) is 1.73. The Morgan fingerprint density at radius 3 is 2.08 bits per heavy atom. The Kier molecular flexibility index (Phi) is 15.1. The lowest BCUT2D eigenvalue weighted by molar-refractivity contribution is 0.136. The van der Waals surface area contributed by atoms with E-state index in [9.17, 15) is 0 Å². The Bertz CT molecular complexity index is 315. The van der Waals surface area contributed by atoms with Crippen molar-refractivity contribution >= 4 is 29.9 Å². The first-order valence-corrected chi connectivity index (χ1v) is 9.55. The van der Waals surface area contributed by atoms with Crippen LogP contribution in [0.5, 0.6) is 0 Å². The lowest BCUT2D eigenvalue weighted by Crippen LogP contribution is -2.46. The highest BCUT2D eigenvalue weighted by Crippen LogP contribution is 2.03. The first-order chi connectivity index (χ1) is 11.2. The molecule has 0 saturated carbocycles. The number of piperazine rings is 1. The van der Waals surface area contributed by atoms with Crippen LogP contribution in [0.15, 0.2) is 4.99 Å². The second-order valence-corrected chi connectivity index (χ2v) is 6.94. The summed E-state index contributed by atoms with van der Waals surface area (Å²) in [5, 5.41) is 6.82. The number of aliphatic imine (C=N–C) groups is 1. The molecule has 0 atom stereocenters. The van der Waals surface area contributed by atoms with Crippen LogP contribution in [0.3, 0.4) is 0 Å². The van der Waals surface area contributed by atoms with Crippen molar-refractivity contribution in [1.29, 1.82) is 0 Å². The molecule has 0 unspecified atom stereocenters. The summed E-state index contributed by atoms with van der Waals surface area (Å²) in [4.78, 5) is 9.43. The average molecular weight is 453 g/mol. The number of nitrogens with one attached hydrogen (secondary N) is 2. The molecule has 0 aliphatic carbocycles. The molecule has 1 aliphatic heterocycles. The van der Waals surface area contributed by atoms with Gasteiger partial charge in [0, 0.05) is 46.3 Å². The number of guanidine groups is 1. The first kappa shape index (κ1) is 23.9. The van der Waals surface area contributed by atoms with Crippen LogP contribution >= 0.6 is 24.0 Å². The molecule has 1 heterocycles. The molecule has 1 saturated heterocycles. The zero-order chi connectivity index (χ0) is 16.9. The second kappa shape index (κ2) is 15.2. The Labute approximate surface area is 167 Å². The zero-order valence-corrected chi connectivity index (χ0v) is 18.6. The molecular weight excluding hydrogens is 413 g/mol. The number of likely N-dealkylation sites (N-methyl/N-ethyl adjacent to an activating group) is 1. The SMILES string of the molecule is CCN1CCN(CCCCNC(=NC)NCCCC(C)C)CC1.I.